The molecule has 0 aliphatic rings. The number of aliphatic carboxylic acids is 1. The Morgan fingerprint density at radius 2 is 1.79 bits per heavy atom. The summed E-state index contributed by atoms with van der Waals surface area (Å²) in [6.07, 6.45) is 0.689. The highest BCUT2D eigenvalue weighted by Crippen LogP contribution is 2.24. The molecule has 0 spiro atoms. The fraction of sp³-hybridized carbons (Fsp3) is 0.857. The number of carboxylic acid groups (broad SMARTS) is 1. The van der Waals surface area contributed by atoms with Crippen molar-refractivity contribution in [2.75, 3.05) is 13.1 Å². The Bertz CT molecular complexity index is 308. The number of nitrogens with one attached hydrogen (secondary N) is 1. The summed E-state index contributed by atoms with van der Waals surface area (Å²) < 4.78 is 0. The quantitative estimate of drug-likeness (QED) is 0.654. The molecule has 0 aromatic carbocycles. The highest BCUT2D eigenvalue weighted by molar-refractivity contribution is 5.80. The molecule has 0 fully saturated rings. The van der Waals surface area contributed by atoms with E-state index in [9.17, 15) is 9.59 Å². The predicted molar refractivity (Wildman–Crippen MR) is 75.6 cm³/mol. The first-order valence-electron chi connectivity index (χ1n) is 6.79. The van der Waals surface area contributed by atoms with Gasteiger partial charge in [0.15, 0.2) is 0 Å². The smallest absolute Gasteiger partial charge is 0.308 e. The van der Waals surface area contributed by atoms with Gasteiger partial charge in [-0.3, -0.25) is 9.59 Å². The normalized spacial score (nSPS) is 15.1. The topological polar surface area (TPSA) is 92.4 Å². The average Bonchev–Trinajstić information content (AvgIpc) is 2.23. The zero-order valence-electron chi connectivity index (χ0n) is 12.7. The third-order valence-electron chi connectivity index (χ3n) is 3.13. The number of hydrogen-bond acceptors (Lipinski definition) is 3. The molecule has 5 heteroatoms. The van der Waals surface area contributed by atoms with Crippen LogP contribution in [0.4, 0.5) is 0 Å². The van der Waals surface area contributed by atoms with E-state index in [2.05, 4.69) is 26.1 Å². The summed E-state index contributed by atoms with van der Waals surface area (Å²) in [6.45, 7) is 10.3. The van der Waals surface area contributed by atoms with Gasteiger partial charge in [-0.2, -0.15) is 0 Å². The van der Waals surface area contributed by atoms with E-state index in [4.69, 9.17) is 10.8 Å². The van der Waals surface area contributed by atoms with Crippen LogP contribution >= 0.6 is 0 Å². The first kappa shape index (κ1) is 17.9. The van der Waals surface area contributed by atoms with Gasteiger partial charge in [-0.15, -0.1) is 0 Å². The van der Waals surface area contributed by atoms with Crippen molar-refractivity contribution in [3.05, 3.63) is 0 Å². The third kappa shape index (κ3) is 7.15. The first-order valence-corrected chi connectivity index (χ1v) is 6.79. The molecule has 0 heterocycles. The number of hydrogen-bond donors (Lipinski definition) is 3. The number of carboxylic acids is 1. The van der Waals surface area contributed by atoms with Gasteiger partial charge in [-0.1, -0.05) is 34.6 Å². The van der Waals surface area contributed by atoms with E-state index >= 15 is 0 Å². The molecule has 0 aromatic rings. The van der Waals surface area contributed by atoms with Crippen LogP contribution in [-0.2, 0) is 9.59 Å². The van der Waals surface area contributed by atoms with E-state index in [-0.39, 0.29) is 36.2 Å². The van der Waals surface area contributed by atoms with Crippen LogP contribution in [0.25, 0.3) is 0 Å². The number of amides is 1. The first-order chi connectivity index (χ1) is 8.58. The lowest BCUT2D eigenvalue weighted by Crippen LogP contribution is -2.41. The lowest BCUT2D eigenvalue weighted by Gasteiger charge is -2.25. The Morgan fingerprint density at radius 3 is 2.11 bits per heavy atom. The van der Waals surface area contributed by atoms with E-state index in [1.165, 1.54) is 0 Å². The van der Waals surface area contributed by atoms with Crippen molar-refractivity contribution in [3.63, 3.8) is 0 Å². The SMILES string of the molecule is CC(C)C(CNC(=O)C(CN)CC(C)(C)C)C(=O)O. The summed E-state index contributed by atoms with van der Waals surface area (Å²) in [6, 6.07) is 0. The monoisotopic (exact) mass is 272 g/mol. The number of rotatable bonds is 7. The lowest BCUT2D eigenvalue weighted by atomic mass is 9.84. The van der Waals surface area contributed by atoms with Crippen LogP contribution in [0, 0.1) is 23.2 Å². The zero-order valence-corrected chi connectivity index (χ0v) is 12.7. The minimum absolute atomic E-state index is 0.0169. The molecule has 2 unspecified atom stereocenters. The molecular weight excluding hydrogens is 244 g/mol. The van der Waals surface area contributed by atoms with E-state index in [1.807, 2.05) is 13.8 Å². The Morgan fingerprint density at radius 1 is 1.26 bits per heavy atom. The molecule has 0 saturated carbocycles. The number of nitrogens with two attached hydrogens (primary N) is 1. The minimum Gasteiger partial charge on any atom is -0.481 e. The van der Waals surface area contributed by atoms with E-state index in [1.54, 1.807) is 0 Å². The van der Waals surface area contributed by atoms with Gasteiger partial charge in [-0.05, 0) is 17.8 Å². The van der Waals surface area contributed by atoms with E-state index in [0.717, 1.165) is 0 Å². The summed E-state index contributed by atoms with van der Waals surface area (Å²) in [5, 5.41) is 11.8. The van der Waals surface area contributed by atoms with Gasteiger partial charge in [0.1, 0.15) is 0 Å². The van der Waals surface area contributed by atoms with Gasteiger partial charge in [0, 0.05) is 13.1 Å². The van der Waals surface area contributed by atoms with Crippen molar-refractivity contribution in [3.8, 4) is 0 Å². The Labute approximate surface area is 115 Å². The van der Waals surface area contributed by atoms with Crippen molar-refractivity contribution < 1.29 is 14.7 Å². The second kappa shape index (κ2) is 7.48. The molecule has 0 bridgehead atoms. The standard InChI is InChI=1S/C14H28N2O3/c1-9(2)11(13(18)19)8-16-12(17)10(7-15)6-14(3,4)5/h9-11H,6-8,15H2,1-5H3,(H,16,17)(H,18,19). The summed E-state index contributed by atoms with van der Waals surface area (Å²) in [7, 11) is 0. The second-order valence-corrected chi connectivity index (χ2v) is 6.63. The van der Waals surface area contributed by atoms with Crippen LogP contribution in [-0.4, -0.2) is 30.1 Å². The van der Waals surface area contributed by atoms with Crippen molar-refractivity contribution in [2.24, 2.45) is 28.9 Å². The largest absolute Gasteiger partial charge is 0.481 e. The van der Waals surface area contributed by atoms with Crippen molar-refractivity contribution in [1.29, 1.82) is 0 Å². The van der Waals surface area contributed by atoms with Gasteiger partial charge in [-0.25, -0.2) is 0 Å². The molecule has 19 heavy (non-hydrogen) atoms. The zero-order chi connectivity index (χ0) is 15.2. The molecular formula is C14H28N2O3. The molecule has 0 saturated heterocycles. The molecule has 1 amide bonds. The fourth-order valence-corrected chi connectivity index (χ4v) is 1.99. The van der Waals surface area contributed by atoms with Crippen LogP contribution < -0.4 is 11.1 Å². The second-order valence-electron chi connectivity index (χ2n) is 6.63. The fourth-order valence-electron chi connectivity index (χ4n) is 1.99. The molecule has 4 N–H and O–H groups in total. The van der Waals surface area contributed by atoms with E-state index in [0.29, 0.717) is 6.42 Å². The minimum atomic E-state index is -0.879. The molecule has 0 radical (unpaired) electrons. The third-order valence-corrected chi connectivity index (χ3v) is 3.13. The van der Waals surface area contributed by atoms with Gasteiger partial charge >= 0.3 is 5.97 Å². The summed E-state index contributed by atoms with van der Waals surface area (Å²) in [5.74, 6) is -1.87. The Kier molecular flexibility index (Phi) is 7.05. The van der Waals surface area contributed by atoms with Gasteiger partial charge in [0.25, 0.3) is 0 Å². The molecule has 5 nitrogen and oxygen atoms in total. The summed E-state index contributed by atoms with van der Waals surface area (Å²) in [4.78, 5) is 23.1. The lowest BCUT2D eigenvalue weighted by molar-refractivity contribution is -0.143. The molecule has 0 aliphatic heterocycles. The average molecular weight is 272 g/mol. The van der Waals surface area contributed by atoms with Crippen LogP contribution in [0.15, 0.2) is 0 Å². The molecule has 0 aromatic heterocycles. The molecule has 0 aliphatic carbocycles. The van der Waals surface area contributed by atoms with Crippen LogP contribution in [0.5, 0.6) is 0 Å². The maximum Gasteiger partial charge on any atom is 0.308 e. The highest BCUT2D eigenvalue weighted by atomic mass is 16.4. The predicted octanol–water partition coefficient (Wildman–Crippen LogP) is 1.47. The van der Waals surface area contributed by atoms with Crippen molar-refractivity contribution >= 4 is 11.9 Å². The Balaban J connectivity index is 4.46. The van der Waals surface area contributed by atoms with Gasteiger partial charge in [0.2, 0.25) is 5.91 Å². The summed E-state index contributed by atoms with van der Waals surface area (Å²) in [5.41, 5.74) is 5.65. The summed E-state index contributed by atoms with van der Waals surface area (Å²) >= 11 is 0. The molecule has 2 atom stereocenters. The van der Waals surface area contributed by atoms with E-state index < -0.39 is 11.9 Å². The molecule has 112 valence electrons. The van der Waals surface area contributed by atoms with Crippen LogP contribution in [0.2, 0.25) is 0 Å². The van der Waals surface area contributed by atoms with Crippen LogP contribution in [0.1, 0.15) is 41.0 Å². The van der Waals surface area contributed by atoms with Gasteiger partial charge < -0.3 is 16.2 Å². The van der Waals surface area contributed by atoms with Crippen LogP contribution in [0.3, 0.4) is 0 Å². The number of carbonyl (C=O) groups excluding carboxylic acids is 1. The van der Waals surface area contributed by atoms with Crippen molar-refractivity contribution in [2.45, 2.75) is 41.0 Å². The maximum atomic E-state index is 12.0. The highest BCUT2D eigenvalue weighted by Gasteiger charge is 2.26. The Hall–Kier alpha value is -1.10. The number of carbonyl (C=O) groups is 2. The van der Waals surface area contributed by atoms with Gasteiger partial charge in [0.05, 0.1) is 11.8 Å². The van der Waals surface area contributed by atoms with Crippen molar-refractivity contribution in [1.82, 2.24) is 5.32 Å². The molecule has 0 rings (SSSR count). The maximum absolute atomic E-state index is 12.0.